The van der Waals surface area contributed by atoms with E-state index in [1.165, 1.54) is 17.7 Å². The second kappa shape index (κ2) is 8.54. The molecular formula is C14H24N2S. The van der Waals surface area contributed by atoms with Crippen molar-refractivity contribution in [2.75, 3.05) is 18.6 Å². The van der Waals surface area contributed by atoms with Crippen LogP contribution in [0.15, 0.2) is 24.5 Å². The van der Waals surface area contributed by atoms with Crippen LogP contribution in [-0.4, -0.2) is 29.6 Å². The lowest BCUT2D eigenvalue weighted by Gasteiger charge is -2.24. The maximum absolute atomic E-state index is 4.19. The summed E-state index contributed by atoms with van der Waals surface area (Å²) in [5.41, 5.74) is 1.33. The van der Waals surface area contributed by atoms with E-state index in [1.807, 2.05) is 30.2 Å². The molecule has 1 N–H and O–H groups in total. The number of rotatable bonds is 8. The fraction of sp³-hybridized carbons (Fsp3) is 0.643. The Morgan fingerprint density at radius 2 is 2.29 bits per heavy atom. The van der Waals surface area contributed by atoms with Crippen LogP contribution in [0.5, 0.6) is 0 Å². The molecule has 0 saturated heterocycles. The number of pyridine rings is 1. The molecule has 0 radical (unpaired) electrons. The molecule has 0 saturated carbocycles. The second-order valence-corrected chi connectivity index (χ2v) is 5.47. The van der Waals surface area contributed by atoms with Gasteiger partial charge in [0, 0.05) is 18.4 Å². The first-order valence-electron chi connectivity index (χ1n) is 6.39. The van der Waals surface area contributed by atoms with Crippen molar-refractivity contribution in [1.82, 2.24) is 10.3 Å². The van der Waals surface area contributed by atoms with Crippen LogP contribution < -0.4 is 5.32 Å². The molecule has 0 aliphatic rings. The summed E-state index contributed by atoms with van der Waals surface area (Å²) in [6.07, 6.45) is 8.26. The van der Waals surface area contributed by atoms with E-state index in [1.54, 1.807) is 0 Å². The van der Waals surface area contributed by atoms with Gasteiger partial charge in [-0.05, 0) is 48.9 Å². The number of nitrogens with zero attached hydrogens (tertiary/aromatic N) is 1. The molecule has 1 aromatic heterocycles. The summed E-state index contributed by atoms with van der Waals surface area (Å²) in [5, 5.41) is 3.66. The van der Waals surface area contributed by atoms with Gasteiger partial charge in [-0.3, -0.25) is 4.98 Å². The number of hydrogen-bond acceptors (Lipinski definition) is 3. The quantitative estimate of drug-likeness (QED) is 0.770. The normalized spacial score (nSPS) is 14.5. The minimum Gasteiger partial charge on any atom is -0.313 e. The molecule has 0 spiro atoms. The SMILES string of the molecule is CCCNC(Cc1cccnc1)C(C)CSC. The molecule has 1 rings (SSSR count). The Morgan fingerprint density at radius 1 is 1.47 bits per heavy atom. The van der Waals surface area contributed by atoms with Crippen molar-refractivity contribution < 1.29 is 0 Å². The van der Waals surface area contributed by atoms with Crippen LogP contribution in [0, 0.1) is 5.92 Å². The van der Waals surface area contributed by atoms with Crippen molar-refractivity contribution >= 4 is 11.8 Å². The van der Waals surface area contributed by atoms with E-state index in [-0.39, 0.29) is 0 Å². The van der Waals surface area contributed by atoms with Crippen LogP contribution >= 0.6 is 11.8 Å². The molecule has 0 bridgehead atoms. The Kier molecular flexibility index (Phi) is 7.29. The molecule has 0 fully saturated rings. The number of thioether (sulfide) groups is 1. The van der Waals surface area contributed by atoms with E-state index in [4.69, 9.17) is 0 Å². The summed E-state index contributed by atoms with van der Waals surface area (Å²) in [7, 11) is 0. The highest BCUT2D eigenvalue weighted by molar-refractivity contribution is 7.98. The van der Waals surface area contributed by atoms with Crippen LogP contribution in [0.2, 0.25) is 0 Å². The van der Waals surface area contributed by atoms with Crippen molar-refractivity contribution in [3.63, 3.8) is 0 Å². The smallest absolute Gasteiger partial charge is 0.0300 e. The van der Waals surface area contributed by atoms with Gasteiger partial charge in [-0.1, -0.05) is 19.9 Å². The van der Waals surface area contributed by atoms with E-state index < -0.39 is 0 Å². The monoisotopic (exact) mass is 252 g/mol. The Morgan fingerprint density at radius 3 is 2.88 bits per heavy atom. The van der Waals surface area contributed by atoms with Gasteiger partial charge >= 0.3 is 0 Å². The third-order valence-electron chi connectivity index (χ3n) is 2.95. The first-order valence-corrected chi connectivity index (χ1v) is 7.78. The van der Waals surface area contributed by atoms with Crippen LogP contribution in [0.1, 0.15) is 25.8 Å². The van der Waals surface area contributed by atoms with Crippen molar-refractivity contribution in [2.45, 2.75) is 32.7 Å². The van der Waals surface area contributed by atoms with Gasteiger partial charge in [0.1, 0.15) is 0 Å². The average molecular weight is 252 g/mol. The van der Waals surface area contributed by atoms with Crippen LogP contribution in [0.3, 0.4) is 0 Å². The average Bonchev–Trinajstić information content (AvgIpc) is 2.36. The maximum Gasteiger partial charge on any atom is 0.0300 e. The van der Waals surface area contributed by atoms with Gasteiger partial charge in [-0.2, -0.15) is 11.8 Å². The van der Waals surface area contributed by atoms with Crippen LogP contribution in [-0.2, 0) is 6.42 Å². The van der Waals surface area contributed by atoms with Gasteiger partial charge in [-0.15, -0.1) is 0 Å². The highest BCUT2D eigenvalue weighted by Gasteiger charge is 2.16. The van der Waals surface area contributed by atoms with Gasteiger partial charge in [0.05, 0.1) is 0 Å². The van der Waals surface area contributed by atoms with E-state index >= 15 is 0 Å². The Labute approximate surface area is 110 Å². The first-order chi connectivity index (χ1) is 8.27. The fourth-order valence-electron chi connectivity index (χ4n) is 1.96. The minimum absolute atomic E-state index is 0.562. The standard InChI is InChI=1S/C14H24N2S/c1-4-7-16-14(12(2)11-17-3)9-13-6-5-8-15-10-13/h5-6,8,10,12,14,16H,4,7,9,11H2,1-3H3. The second-order valence-electron chi connectivity index (χ2n) is 4.56. The zero-order chi connectivity index (χ0) is 12.5. The predicted molar refractivity (Wildman–Crippen MR) is 77.6 cm³/mol. The molecule has 3 heteroatoms. The molecule has 1 aromatic rings. The molecule has 0 aliphatic heterocycles. The van der Waals surface area contributed by atoms with Gasteiger partial charge in [-0.25, -0.2) is 0 Å². The molecule has 2 nitrogen and oxygen atoms in total. The highest BCUT2D eigenvalue weighted by Crippen LogP contribution is 2.14. The predicted octanol–water partition coefficient (Wildman–Crippen LogP) is 2.99. The van der Waals surface area contributed by atoms with Gasteiger partial charge in [0.15, 0.2) is 0 Å². The number of aromatic nitrogens is 1. The maximum atomic E-state index is 4.19. The number of nitrogens with one attached hydrogen (secondary N) is 1. The lowest BCUT2D eigenvalue weighted by molar-refractivity contribution is 0.402. The molecule has 96 valence electrons. The van der Waals surface area contributed by atoms with Gasteiger partial charge in [0.25, 0.3) is 0 Å². The Balaban J connectivity index is 2.56. The van der Waals surface area contributed by atoms with Crippen molar-refractivity contribution in [2.24, 2.45) is 5.92 Å². The Bertz CT molecular complexity index is 290. The molecule has 0 amide bonds. The summed E-state index contributed by atoms with van der Waals surface area (Å²) in [4.78, 5) is 4.19. The summed E-state index contributed by atoms with van der Waals surface area (Å²) < 4.78 is 0. The van der Waals surface area contributed by atoms with Crippen molar-refractivity contribution in [1.29, 1.82) is 0 Å². The molecule has 0 aromatic carbocycles. The zero-order valence-corrected chi connectivity index (χ0v) is 12.0. The number of hydrogen-bond donors (Lipinski definition) is 1. The lowest BCUT2D eigenvalue weighted by atomic mass is 9.97. The topological polar surface area (TPSA) is 24.9 Å². The van der Waals surface area contributed by atoms with Crippen molar-refractivity contribution in [3.8, 4) is 0 Å². The summed E-state index contributed by atoms with van der Waals surface area (Å²) in [5.74, 6) is 1.90. The molecular weight excluding hydrogens is 228 g/mol. The fourth-order valence-corrected chi connectivity index (χ4v) is 2.71. The Hall–Kier alpha value is -0.540. The van der Waals surface area contributed by atoms with E-state index in [0.29, 0.717) is 12.0 Å². The summed E-state index contributed by atoms with van der Waals surface area (Å²) in [6, 6.07) is 4.75. The minimum atomic E-state index is 0.562. The third kappa shape index (κ3) is 5.55. The third-order valence-corrected chi connectivity index (χ3v) is 3.81. The van der Waals surface area contributed by atoms with Crippen LogP contribution in [0.4, 0.5) is 0 Å². The van der Waals surface area contributed by atoms with Gasteiger partial charge < -0.3 is 5.32 Å². The molecule has 1 heterocycles. The lowest BCUT2D eigenvalue weighted by Crippen LogP contribution is -2.38. The summed E-state index contributed by atoms with van der Waals surface area (Å²) in [6.45, 7) is 5.65. The first kappa shape index (κ1) is 14.5. The van der Waals surface area contributed by atoms with Crippen LogP contribution in [0.25, 0.3) is 0 Å². The molecule has 17 heavy (non-hydrogen) atoms. The summed E-state index contributed by atoms with van der Waals surface area (Å²) >= 11 is 1.93. The molecule has 2 unspecified atom stereocenters. The molecule has 2 atom stereocenters. The van der Waals surface area contributed by atoms with Gasteiger partial charge in [0.2, 0.25) is 0 Å². The molecule has 0 aliphatic carbocycles. The highest BCUT2D eigenvalue weighted by atomic mass is 32.2. The largest absolute Gasteiger partial charge is 0.313 e. The van der Waals surface area contributed by atoms with E-state index in [0.717, 1.165) is 13.0 Å². The van der Waals surface area contributed by atoms with Crippen molar-refractivity contribution in [3.05, 3.63) is 30.1 Å². The van der Waals surface area contributed by atoms with E-state index in [9.17, 15) is 0 Å². The zero-order valence-electron chi connectivity index (χ0n) is 11.1. The van der Waals surface area contributed by atoms with E-state index in [2.05, 4.69) is 36.5 Å².